The topological polar surface area (TPSA) is 47.6 Å². The molecule has 3 rings (SSSR count). The normalized spacial score (nSPS) is 17.4. The summed E-state index contributed by atoms with van der Waals surface area (Å²) in [7, 11) is 0. The summed E-state index contributed by atoms with van der Waals surface area (Å²) in [6.07, 6.45) is 5.98. The van der Waals surface area contributed by atoms with Crippen molar-refractivity contribution in [2.45, 2.75) is 45.1 Å². The quantitative estimate of drug-likeness (QED) is 0.762. The molecule has 0 saturated heterocycles. The first kappa shape index (κ1) is 15.2. The smallest absolute Gasteiger partial charge is 0.258 e. The van der Waals surface area contributed by atoms with E-state index in [1.54, 1.807) is 0 Å². The number of hydrogen-bond acceptors (Lipinski definition) is 3. The Morgan fingerprint density at radius 3 is 2.27 bits per heavy atom. The van der Waals surface area contributed by atoms with E-state index in [0.29, 0.717) is 36.0 Å². The van der Waals surface area contributed by atoms with Crippen LogP contribution in [0.3, 0.4) is 0 Å². The summed E-state index contributed by atoms with van der Waals surface area (Å²) in [6.45, 7) is 2.77. The van der Waals surface area contributed by atoms with Gasteiger partial charge in [-0.25, -0.2) is 0 Å². The van der Waals surface area contributed by atoms with Crippen LogP contribution in [0.4, 0.5) is 0 Å². The zero-order valence-electron chi connectivity index (χ0n) is 13.2. The molecule has 1 aromatic rings. The van der Waals surface area contributed by atoms with Gasteiger partial charge in [0, 0.05) is 6.04 Å². The maximum Gasteiger partial charge on any atom is 0.258 e. The molecular formula is C18H25NO3. The van der Waals surface area contributed by atoms with Crippen molar-refractivity contribution in [3.8, 4) is 11.5 Å². The van der Waals surface area contributed by atoms with Gasteiger partial charge in [-0.2, -0.15) is 0 Å². The first-order chi connectivity index (χ1) is 10.8. The molecule has 22 heavy (non-hydrogen) atoms. The second-order valence-corrected chi connectivity index (χ2v) is 6.35. The van der Waals surface area contributed by atoms with Crippen LogP contribution in [0.2, 0.25) is 0 Å². The minimum atomic E-state index is -0.0194. The molecule has 2 aliphatic rings. The predicted molar refractivity (Wildman–Crippen MR) is 85.1 cm³/mol. The third-order valence-corrected chi connectivity index (χ3v) is 4.26. The van der Waals surface area contributed by atoms with Crippen LogP contribution >= 0.6 is 0 Å². The fourth-order valence-corrected chi connectivity index (χ4v) is 2.80. The molecule has 0 radical (unpaired) electrons. The second kappa shape index (κ2) is 7.03. The van der Waals surface area contributed by atoms with Gasteiger partial charge in [0.15, 0.2) is 18.1 Å². The summed E-state index contributed by atoms with van der Waals surface area (Å²) in [5.74, 6) is 2.74. The summed E-state index contributed by atoms with van der Waals surface area (Å²) in [5.41, 5.74) is 0. The Bertz CT molecular complexity index is 497. The van der Waals surface area contributed by atoms with E-state index < -0.39 is 0 Å². The van der Waals surface area contributed by atoms with Gasteiger partial charge in [-0.1, -0.05) is 19.1 Å². The summed E-state index contributed by atoms with van der Waals surface area (Å²) in [4.78, 5) is 12.1. The average Bonchev–Trinajstić information content (AvgIpc) is 3.41. The van der Waals surface area contributed by atoms with E-state index >= 15 is 0 Å². The van der Waals surface area contributed by atoms with Gasteiger partial charge in [-0.3, -0.25) is 4.79 Å². The number of nitrogens with one attached hydrogen (secondary N) is 1. The number of ether oxygens (including phenoxy) is 2. The van der Waals surface area contributed by atoms with Crippen LogP contribution in [0.15, 0.2) is 24.3 Å². The summed E-state index contributed by atoms with van der Waals surface area (Å²) < 4.78 is 11.3. The van der Waals surface area contributed by atoms with Gasteiger partial charge in [0.1, 0.15) is 0 Å². The Morgan fingerprint density at radius 1 is 1.14 bits per heavy atom. The van der Waals surface area contributed by atoms with Crippen LogP contribution in [0.25, 0.3) is 0 Å². The first-order valence-electron chi connectivity index (χ1n) is 8.42. The molecule has 2 aliphatic carbocycles. The second-order valence-electron chi connectivity index (χ2n) is 6.35. The molecule has 1 N–H and O–H groups in total. The van der Waals surface area contributed by atoms with E-state index in [0.717, 1.165) is 6.42 Å². The highest BCUT2D eigenvalue weighted by molar-refractivity contribution is 5.78. The Balaban J connectivity index is 1.50. The van der Waals surface area contributed by atoms with Crippen LogP contribution < -0.4 is 14.8 Å². The lowest BCUT2D eigenvalue weighted by Crippen LogP contribution is -2.40. The first-order valence-corrected chi connectivity index (χ1v) is 8.42. The predicted octanol–water partition coefficient (Wildman–Crippen LogP) is 3.16. The van der Waals surface area contributed by atoms with Crippen molar-refractivity contribution in [1.29, 1.82) is 0 Å². The highest BCUT2D eigenvalue weighted by Gasteiger charge is 2.42. The van der Waals surface area contributed by atoms with Crippen LogP contribution in [0, 0.1) is 11.8 Å². The molecular weight excluding hydrogens is 278 g/mol. The van der Waals surface area contributed by atoms with Gasteiger partial charge >= 0.3 is 0 Å². The fraction of sp³-hybridized carbons (Fsp3) is 0.611. The molecule has 0 aliphatic heterocycles. The largest absolute Gasteiger partial charge is 0.490 e. The lowest BCUT2D eigenvalue weighted by Gasteiger charge is -2.18. The van der Waals surface area contributed by atoms with Crippen LogP contribution in [0.5, 0.6) is 11.5 Å². The molecule has 2 saturated carbocycles. The Hall–Kier alpha value is -1.71. The number of hydrogen-bond donors (Lipinski definition) is 1. The molecule has 0 heterocycles. The molecule has 2 fully saturated rings. The molecule has 4 heteroatoms. The van der Waals surface area contributed by atoms with E-state index in [1.165, 1.54) is 25.7 Å². The molecule has 0 spiro atoms. The van der Waals surface area contributed by atoms with Gasteiger partial charge in [0.25, 0.3) is 5.91 Å². The van der Waals surface area contributed by atoms with Crippen LogP contribution in [-0.4, -0.2) is 25.2 Å². The minimum absolute atomic E-state index is 0.0194. The monoisotopic (exact) mass is 303 g/mol. The fourth-order valence-electron chi connectivity index (χ4n) is 2.80. The van der Waals surface area contributed by atoms with Gasteiger partial charge in [-0.05, 0) is 56.1 Å². The SMILES string of the molecule is CCCOc1ccccc1OCC(=O)NC(C1CC1)C1CC1. The molecule has 0 atom stereocenters. The van der Waals surface area contributed by atoms with Crippen molar-refractivity contribution in [3.05, 3.63) is 24.3 Å². The molecule has 0 unspecified atom stereocenters. The van der Waals surface area contributed by atoms with E-state index in [2.05, 4.69) is 12.2 Å². The van der Waals surface area contributed by atoms with Crippen molar-refractivity contribution >= 4 is 5.91 Å². The lowest BCUT2D eigenvalue weighted by atomic mass is 10.1. The molecule has 4 nitrogen and oxygen atoms in total. The third-order valence-electron chi connectivity index (χ3n) is 4.26. The Morgan fingerprint density at radius 2 is 1.73 bits per heavy atom. The lowest BCUT2D eigenvalue weighted by molar-refractivity contribution is -0.124. The number of amides is 1. The average molecular weight is 303 g/mol. The maximum absolute atomic E-state index is 12.1. The zero-order valence-corrected chi connectivity index (χ0v) is 13.2. The van der Waals surface area contributed by atoms with Crippen molar-refractivity contribution < 1.29 is 14.3 Å². The summed E-state index contributed by atoms with van der Waals surface area (Å²) >= 11 is 0. The highest BCUT2D eigenvalue weighted by Crippen LogP contribution is 2.44. The molecule has 1 amide bonds. The van der Waals surface area contributed by atoms with Gasteiger partial charge in [0.05, 0.1) is 6.61 Å². The third kappa shape index (κ3) is 4.15. The van der Waals surface area contributed by atoms with E-state index in [-0.39, 0.29) is 12.5 Å². The molecule has 0 aromatic heterocycles. The number of carbonyl (C=O) groups excluding carboxylic acids is 1. The van der Waals surface area contributed by atoms with Crippen LogP contribution in [0.1, 0.15) is 39.0 Å². The summed E-state index contributed by atoms with van der Waals surface area (Å²) in [5, 5.41) is 3.17. The molecule has 0 bridgehead atoms. The minimum Gasteiger partial charge on any atom is -0.490 e. The number of benzene rings is 1. The van der Waals surface area contributed by atoms with Crippen molar-refractivity contribution in [2.24, 2.45) is 11.8 Å². The zero-order chi connectivity index (χ0) is 15.4. The summed E-state index contributed by atoms with van der Waals surface area (Å²) in [6, 6.07) is 7.90. The van der Waals surface area contributed by atoms with Crippen LogP contribution in [-0.2, 0) is 4.79 Å². The standard InChI is InChI=1S/C18H25NO3/c1-2-11-21-15-5-3-4-6-16(15)22-12-17(20)19-18(13-7-8-13)14-9-10-14/h3-6,13-14,18H,2,7-12H2,1H3,(H,19,20). The Labute approximate surface area is 132 Å². The van der Waals surface area contributed by atoms with Gasteiger partial charge in [-0.15, -0.1) is 0 Å². The number of rotatable bonds is 9. The van der Waals surface area contributed by atoms with Crippen molar-refractivity contribution in [3.63, 3.8) is 0 Å². The van der Waals surface area contributed by atoms with E-state index in [4.69, 9.17) is 9.47 Å². The number of para-hydroxylation sites is 2. The van der Waals surface area contributed by atoms with Crippen molar-refractivity contribution in [1.82, 2.24) is 5.32 Å². The maximum atomic E-state index is 12.1. The van der Waals surface area contributed by atoms with Gasteiger partial charge < -0.3 is 14.8 Å². The number of carbonyl (C=O) groups is 1. The Kier molecular flexibility index (Phi) is 4.86. The molecule has 120 valence electrons. The van der Waals surface area contributed by atoms with Crippen molar-refractivity contribution in [2.75, 3.05) is 13.2 Å². The highest BCUT2D eigenvalue weighted by atomic mass is 16.5. The van der Waals surface area contributed by atoms with E-state index in [1.807, 2.05) is 24.3 Å². The van der Waals surface area contributed by atoms with Gasteiger partial charge in [0.2, 0.25) is 0 Å². The van der Waals surface area contributed by atoms with E-state index in [9.17, 15) is 4.79 Å². The molecule has 1 aromatic carbocycles.